The molecule has 16 heavy (non-hydrogen) atoms. The van der Waals surface area contributed by atoms with Gasteiger partial charge in [0.15, 0.2) is 6.61 Å². The molecule has 1 aromatic rings. The first-order valence-corrected chi connectivity index (χ1v) is 4.46. The van der Waals surface area contributed by atoms with E-state index in [1.807, 2.05) is 0 Å². The van der Waals surface area contributed by atoms with Crippen LogP contribution in [0.25, 0.3) is 0 Å². The summed E-state index contributed by atoms with van der Waals surface area (Å²) in [6.45, 7) is -0.116. The summed E-state index contributed by atoms with van der Waals surface area (Å²) in [6, 6.07) is 3.18. The Morgan fingerprint density at radius 2 is 2.00 bits per heavy atom. The highest BCUT2D eigenvalue weighted by atomic mass is 19.4. The lowest BCUT2D eigenvalue weighted by molar-refractivity contribution is -0.153. The van der Waals surface area contributed by atoms with Crippen molar-refractivity contribution in [1.29, 1.82) is 0 Å². The first-order valence-electron chi connectivity index (χ1n) is 4.46. The lowest BCUT2D eigenvalue weighted by Crippen LogP contribution is -2.19. The van der Waals surface area contributed by atoms with Gasteiger partial charge in [0.1, 0.15) is 11.6 Å². The first-order chi connectivity index (χ1) is 7.29. The monoisotopic (exact) mass is 238 g/mol. The fourth-order valence-corrected chi connectivity index (χ4v) is 1.10. The Hall–Kier alpha value is -1.30. The van der Waals surface area contributed by atoms with E-state index in [1.54, 1.807) is 0 Å². The second-order valence-electron chi connectivity index (χ2n) is 3.26. The van der Waals surface area contributed by atoms with Crippen LogP contribution in [0.3, 0.4) is 0 Å². The average Bonchev–Trinajstić information content (AvgIpc) is 2.13. The third-order valence-corrected chi connectivity index (χ3v) is 1.82. The van der Waals surface area contributed by atoms with Gasteiger partial charge in [-0.05, 0) is 19.1 Å². The van der Waals surface area contributed by atoms with Crippen molar-refractivity contribution in [1.82, 2.24) is 0 Å². The molecule has 0 radical (unpaired) electrons. The fourth-order valence-electron chi connectivity index (χ4n) is 1.10. The molecule has 1 aromatic carbocycles. The van der Waals surface area contributed by atoms with E-state index in [9.17, 15) is 17.6 Å². The Labute approximate surface area is 89.5 Å². The van der Waals surface area contributed by atoms with Crippen molar-refractivity contribution in [3.8, 4) is 5.75 Å². The number of ether oxygens (including phenoxy) is 1. The third-order valence-electron chi connectivity index (χ3n) is 1.82. The molecule has 0 aromatic heterocycles. The van der Waals surface area contributed by atoms with Gasteiger partial charge in [0.25, 0.3) is 0 Å². The maximum Gasteiger partial charge on any atom is 0.422 e. The molecule has 90 valence electrons. The van der Waals surface area contributed by atoms with Crippen LogP contribution in [0.4, 0.5) is 17.6 Å². The van der Waals surface area contributed by atoms with Crippen LogP contribution in [0, 0.1) is 5.82 Å². The van der Waals surface area contributed by atoms with Gasteiger partial charge in [0.05, 0.1) is 6.10 Å². The smallest absolute Gasteiger partial charge is 0.422 e. The van der Waals surface area contributed by atoms with Crippen LogP contribution >= 0.6 is 0 Å². The zero-order chi connectivity index (χ0) is 12.3. The molecular formula is C10H10F4O2. The van der Waals surface area contributed by atoms with E-state index in [2.05, 4.69) is 4.74 Å². The van der Waals surface area contributed by atoms with Gasteiger partial charge in [-0.3, -0.25) is 0 Å². The van der Waals surface area contributed by atoms with Gasteiger partial charge in [-0.25, -0.2) is 4.39 Å². The van der Waals surface area contributed by atoms with Crippen LogP contribution in [0.1, 0.15) is 18.6 Å². The van der Waals surface area contributed by atoms with Crippen molar-refractivity contribution >= 4 is 0 Å². The Morgan fingerprint density at radius 3 is 2.44 bits per heavy atom. The van der Waals surface area contributed by atoms with Gasteiger partial charge < -0.3 is 9.84 Å². The minimum atomic E-state index is -4.46. The standard InChI is InChI=1S/C10H10F4O2/c1-6(15)8-3-2-7(4-9(8)11)16-5-10(12,13)14/h2-4,6,15H,5H2,1H3. The summed E-state index contributed by atoms with van der Waals surface area (Å²) in [5.41, 5.74) is 0.0133. The van der Waals surface area contributed by atoms with Gasteiger partial charge in [0, 0.05) is 11.6 Å². The normalized spacial score (nSPS) is 13.6. The van der Waals surface area contributed by atoms with E-state index in [0.29, 0.717) is 0 Å². The summed E-state index contributed by atoms with van der Waals surface area (Å²) >= 11 is 0. The molecule has 1 rings (SSSR count). The van der Waals surface area contributed by atoms with Crippen molar-refractivity contribution < 1.29 is 27.4 Å². The number of aliphatic hydroxyl groups excluding tert-OH is 1. The molecule has 0 fully saturated rings. The Morgan fingerprint density at radius 1 is 1.38 bits per heavy atom. The molecule has 0 saturated carbocycles. The van der Waals surface area contributed by atoms with E-state index >= 15 is 0 Å². The molecular weight excluding hydrogens is 228 g/mol. The van der Waals surface area contributed by atoms with Crippen LogP contribution < -0.4 is 4.74 Å². The molecule has 0 aliphatic carbocycles. The summed E-state index contributed by atoms with van der Waals surface area (Å²) in [7, 11) is 0. The number of benzene rings is 1. The number of aliphatic hydroxyl groups is 1. The average molecular weight is 238 g/mol. The molecule has 0 aliphatic heterocycles. The second-order valence-corrected chi connectivity index (χ2v) is 3.26. The minimum Gasteiger partial charge on any atom is -0.484 e. The van der Waals surface area contributed by atoms with E-state index in [4.69, 9.17) is 5.11 Å². The van der Waals surface area contributed by atoms with E-state index in [1.165, 1.54) is 19.1 Å². The van der Waals surface area contributed by atoms with Crippen LogP contribution in [-0.2, 0) is 0 Å². The molecule has 0 bridgehead atoms. The Kier molecular flexibility index (Phi) is 3.74. The van der Waals surface area contributed by atoms with Crippen molar-refractivity contribution in [2.24, 2.45) is 0 Å². The Balaban J connectivity index is 2.74. The summed E-state index contributed by atoms with van der Waals surface area (Å²) in [5, 5.41) is 9.09. The highest BCUT2D eigenvalue weighted by molar-refractivity contribution is 5.30. The number of halogens is 4. The van der Waals surface area contributed by atoms with Gasteiger partial charge >= 0.3 is 6.18 Å². The molecule has 6 heteroatoms. The summed E-state index contributed by atoms with van der Waals surface area (Å²) in [5.74, 6) is -1.02. The van der Waals surface area contributed by atoms with Gasteiger partial charge in [0.2, 0.25) is 0 Å². The number of rotatable bonds is 3. The Bertz CT molecular complexity index is 360. The number of hydrogen-bond acceptors (Lipinski definition) is 2. The topological polar surface area (TPSA) is 29.5 Å². The van der Waals surface area contributed by atoms with E-state index in [-0.39, 0.29) is 11.3 Å². The summed E-state index contributed by atoms with van der Waals surface area (Å²) < 4.78 is 52.9. The van der Waals surface area contributed by atoms with Crippen LogP contribution in [0.5, 0.6) is 5.75 Å². The van der Waals surface area contributed by atoms with Crippen molar-refractivity contribution in [3.05, 3.63) is 29.6 Å². The maximum atomic E-state index is 13.2. The first kappa shape index (κ1) is 12.8. The zero-order valence-electron chi connectivity index (χ0n) is 8.38. The molecule has 1 N–H and O–H groups in total. The van der Waals surface area contributed by atoms with Crippen molar-refractivity contribution in [2.45, 2.75) is 19.2 Å². The lowest BCUT2D eigenvalue weighted by atomic mass is 10.1. The third kappa shape index (κ3) is 3.69. The predicted octanol–water partition coefficient (Wildman–Crippen LogP) is 2.82. The minimum absolute atomic E-state index is 0.0133. The molecule has 0 saturated heterocycles. The molecule has 0 spiro atoms. The zero-order valence-corrected chi connectivity index (χ0v) is 8.38. The summed E-state index contributed by atoms with van der Waals surface area (Å²) in [6.07, 6.45) is -5.48. The largest absolute Gasteiger partial charge is 0.484 e. The van der Waals surface area contributed by atoms with Crippen molar-refractivity contribution in [2.75, 3.05) is 6.61 Å². The fraction of sp³-hybridized carbons (Fsp3) is 0.400. The molecule has 0 aliphatic rings. The predicted molar refractivity (Wildman–Crippen MR) is 48.6 cm³/mol. The highest BCUT2D eigenvalue weighted by Gasteiger charge is 2.28. The number of hydrogen-bond donors (Lipinski definition) is 1. The summed E-state index contributed by atoms with van der Waals surface area (Å²) in [4.78, 5) is 0. The van der Waals surface area contributed by atoms with Crippen molar-refractivity contribution in [3.63, 3.8) is 0 Å². The SMILES string of the molecule is CC(O)c1ccc(OCC(F)(F)F)cc1F. The van der Waals surface area contributed by atoms with Crippen LogP contribution in [0.15, 0.2) is 18.2 Å². The van der Waals surface area contributed by atoms with Crippen LogP contribution in [0.2, 0.25) is 0 Å². The maximum absolute atomic E-state index is 13.2. The van der Waals surface area contributed by atoms with Gasteiger partial charge in [-0.15, -0.1) is 0 Å². The van der Waals surface area contributed by atoms with Gasteiger partial charge in [-0.1, -0.05) is 0 Å². The van der Waals surface area contributed by atoms with Crippen LogP contribution in [-0.4, -0.2) is 17.9 Å². The molecule has 1 atom stereocenters. The molecule has 2 nitrogen and oxygen atoms in total. The second kappa shape index (κ2) is 4.69. The lowest BCUT2D eigenvalue weighted by Gasteiger charge is -2.11. The molecule has 1 unspecified atom stereocenters. The molecule has 0 heterocycles. The van der Waals surface area contributed by atoms with E-state index in [0.717, 1.165) is 6.07 Å². The molecule has 0 amide bonds. The number of alkyl halides is 3. The highest BCUT2D eigenvalue weighted by Crippen LogP contribution is 2.23. The quantitative estimate of drug-likeness (QED) is 0.820. The van der Waals surface area contributed by atoms with Gasteiger partial charge in [-0.2, -0.15) is 13.2 Å². The van der Waals surface area contributed by atoms with E-state index < -0.39 is 24.7 Å².